The quantitative estimate of drug-likeness (QED) is 0.838. The first kappa shape index (κ1) is 11.8. The predicted octanol–water partition coefficient (Wildman–Crippen LogP) is 3.49. The van der Waals surface area contributed by atoms with Crippen LogP contribution in [0.3, 0.4) is 0 Å². The number of benzene rings is 2. The van der Waals surface area contributed by atoms with Crippen LogP contribution in [0.4, 0.5) is 4.39 Å². The molecule has 0 saturated heterocycles. The molecule has 0 heterocycles. The van der Waals surface area contributed by atoms with Gasteiger partial charge < -0.3 is 5.73 Å². The molecule has 1 nitrogen and oxygen atoms in total. The van der Waals surface area contributed by atoms with E-state index in [-0.39, 0.29) is 11.9 Å². The molecule has 0 aliphatic rings. The zero-order valence-electron chi connectivity index (χ0n) is 10.1. The molecule has 2 aromatic rings. The van der Waals surface area contributed by atoms with Gasteiger partial charge in [-0.25, -0.2) is 4.39 Å². The summed E-state index contributed by atoms with van der Waals surface area (Å²) in [5.74, 6) is -0.242. The Kier molecular flexibility index (Phi) is 3.25. The molecule has 0 bridgehead atoms. The Morgan fingerprint density at radius 3 is 2.29 bits per heavy atom. The van der Waals surface area contributed by atoms with Crippen LogP contribution in [-0.2, 0) is 0 Å². The van der Waals surface area contributed by atoms with Crippen molar-refractivity contribution in [3.8, 4) is 0 Å². The van der Waals surface area contributed by atoms with Gasteiger partial charge in [0.25, 0.3) is 0 Å². The Labute approximate surface area is 101 Å². The minimum absolute atomic E-state index is 0.242. The van der Waals surface area contributed by atoms with Crippen LogP contribution in [0.1, 0.15) is 28.3 Å². The van der Waals surface area contributed by atoms with Gasteiger partial charge in [-0.2, -0.15) is 0 Å². The van der Waals surface area contributed by atoms with E-state index in [9.17, 15) is 4.39 Å². The van der Waals surface area contributed by atoms with Crippen molar-refractivity contribution in [3.05, 3.63) is 70.5 Å². The van der Waals surface area contributed by atoms with Gasteiger partial charge in [-0.15, -0.1) is 0 Å². The summed E-state index contributed by atoms with van der Waals surface area (Å²) in [7, 11) is 0. The Balaban J connectivity index is 2.39. The van der Waals surface area contributed by atoms with Gasteiger partial charge in [0.1, 0.15) is 5.82 Å². The van der Waals surface area contributed by atoms with Crippen LogP contribution in [0, 0.1) is 19.7 Å². The van der Waals surface area contributed by atoms with Crippen molar-refractivity contribution in [2.24, 2.45) is 5.73 Å². The molecule has 0 aromatic heterocycles. The van der Waals surface area contributed by atoms with Gasteiger partial charge in [0.2, 0.25) is 0 Å². The third-order valence-corrected chi connectivity index (χ3v) is 3.01. The van der Waals surface area contributed by atoms with Crippen molar-refractivity contribution in [1.29, 1.82) is 0 Å². The Hall–Kier alpha value is -1.67. The first-order chi connectivity index (χ1) is 8.08. The standard InChI is InChI=1S/C15H16FN/c1-10-3-6-12(7-4-10)15(17)14-9-13(16)8-5-11(14)2/h3-9,15H,17H2,1-2H3. The highest BCUT2D eigenvalue weighted by atomic mass is 19.1. The van der Waals surface area contributed by atoms with E-state index in [0.717, 1.165) is 16.7 Å². The maximum Gasteiger partial charge on any atom is 0.123 e. The number of halogens is 1. The second-order valence-electron chi connectivity index (χ2n) is 4.39. The van der Waals surface area contributed by atoms with Crippen LogP contribution >= 0.6 is 0 Å². The van der Waals surface area contributed by atoms with E-state index in [1.165, 1.54) is 17.7 Å². The van der Waals surface area contributed by atoms with E-state index < -0.39 is 0 Å². The number of aryl methyl sites for hydroxylation is 2. The lowest BCUT2D eigenvalue weighted by Crippen LogP contribution is -2.13. The minimum atomic E-state index is -0.272. The largest absolute Gasteiger partial charge is 0.320 e. The van der Waals surface area contributed by atoms with Gasteiger partial charge in [0.05, 0.1) is 6.04 Å². The minimum Gasteiger partial charge on any atom is -0.320 e. The van der Waals surface area contributed by atoms with Crippen molar-refractivity contribution >= 4 is 0 Å². The van der Waals surface area contributed by atoms with Gasteiger partial charge >= 0.3 is 0 Å². The summed E-state index contributed by atoms with van der Waals surface area (Å²) >= 11 is 0. The van der Waals surface area contributed by atoms with Crippen molar-refractivity contribution in [2.45, 2.75) is 19.9 Å². The second kappa shape index (κ2) is 4.68. The molecule has 1 unspecified atom stereocenters. The maximum absolute atomic E-state index is 13.2. The van der Waals surface area contributed by atoms with Crippen LogP contribution in [0.15, 0.2) is 42.5 Å². The van der Waals surface area contributed by atoms with E-state index in [4.69, 9.17) is 5.73 Å². The summed E-state index contributed by atoms with van der Waals surface area (Å²) in [6.07, 6.45) is 0. The molecular weight excluding hydrogens is 213 g/mol. The summed E-state index contributed by atoms with van der Waals surface area (Å²) in [6, 6.07) is 12.5. The topological polar surface area (TPSA) is 26.0 Å². The number of hydrogen-bond acceptors (Lipinski definition) is 1. The fourth-order valence-corrected chi connectivity index (χ4v) is 1.90. The van der Waals surface area contributed by atoms with Gasteiger partial charge in [0.15, 0.2) is 0 Å². The number of nitrogens with two attached hydrogens (primary N) is 1. The van der Waals surface area contributed by atoms with Crippen LogP contribution in [0.5, 0.6) is 0 Å². The smallest absolute Gasteiger partial charge is 0.123 e. The lowest BCUT2D eigenvalue weighted by molar-refractivity contribution is 0.622. The zero-order valence-corrected chi connectivity index (χ0v) is 10.1. The normalized spacial score (nSPS) is 12.5. The molecule has 2 N–H and O–H groups in total. The molecule has 0 amide bonds. The lowest BCUT2D eigenvalue weighted by Gasteiger charge is -2.15. The molecule has 0 spiro atoms. The SMILES string of the molecule is Cc1ccc(C(N)c2cc(F)ccc2C)cc1. The summed E-state index contributed by atoms with van der Waals surface area (Å²) in [5, 5.41) is 0. The van der Waals surface area contributed by atoms with Crippen LogP contribution < -0.4 is 5.73 Å². The Morgan fingerprint density at radius 1 is 1.00 bits per heavy atom. The molecule has 1 atom stereocenters. The highest BCUT2D eigenvalue weighted by molar-refractivity contribution is 5.37. The number of rotatable bonds is 2. The van der Waals surface area contributed by atoms with Gasteiger partial charge in [-0.3, -0.25) is 0 Å². The van der Waals surface area contributed by atoms with Crippen molar-refractivity contribution < 1.29 is 4.39 Å². The molecular formula is C15H16FN. The zero-order chi connectivity index (χ0) is 12.4. The highest BCUT2D eigenvalue weighted by Crippen LogP contribution is 2.23. The fraction of sp³-hybridized carbons (Fsp3) is 0.200. The van der Waals surface area contributed by atoms with Crippen molar-refractivity contribution in [3.63, 3.8) is 0 Å². The summed E-state index contributed by atoms with van der Waals surface area (Å²) in [4.78, 5) is 0. The summed E-state index contributed by atoms with van der Waals surface area (Å²) in [5.41, 5.74) is 10.2. The first-order valence-corrected chi connectivity index (χ1v) is 5.66. The number of hydrogen-bond donors (Lipinski definition) is 1. The average molecular weight is 229 g/mol. The monoisotopic (exact) mass is 229 g/mol. The third kappa shape index (κ3) is 2.53. The first-order valence-electron chi connectivity index (χ1n) is 5.66. The van der Waals surface area contributed by atoms with Crippen LogP contribution in [0.2, 0.25) is 0 Å². The van der Waals surface area contributed by atoms with Gasteiger partial charge in [-0.1, -0.05) is 35.9 Å². The van der Waals surface area contributed by atoms with Gasteiger partial charge in [0, 0.05) is 0 Å². The Morgan fingerprint density at radius 2 is 1.65 bits per heavy atom. The molecule has 0 aliphatic heterocycles. The van der Waals surface area contributed by atoms with Crippen molar-refractivity contribution in [2.75, 3.05) is 0 Å². The molecule has 88 valence electrons. The summed E-state index contributed by atoms with van der Waals surface area (Å²) < 4.78 is 13.2. The van der Waals surface area contributed by atoms with Crippen LogP contribution in [0.25, 0.3) is 0 Å². The maximum atomic E-state index is 13.2. The molecule has 2 rings (SSSR count). The molecule has 0 aliphatic carbocycles. The van der Waals surface area contributed by atoms with E-state index in [2.05, 4.69) is 0 Å². The Bertz CT molecular complexity index is 517. The van der Waals surface area contributed by atoms with E-state index in [0.29, 0.717) is 0 Å². The van der Waals surface area contributed by atoms with E-state index in [1.54, 1.807) is 6.07 Å². The molecule has 0 saturated carbocycles. The van der Waals surface area contributed by atoms with Crippen LogP contribution in [-0.4, -0.2) is 0 Å². The second-order valence-corrected chi connectivity index (χ2v) is 4.39. The molecule has 0 fully saturated rings. The molecule has 0 radical (unpaired) electrons. The predicted molar refractivity (Wildman–Crippen MR) is 68.3 cm³/mol. The highest BCUT2D eigenvalue weighted by Gasteiger charge is 2.11. The van der Waals surface area contributed by atoms with Crippen molar-refractivity contribution in [1.82, 2.24) is 0 Å². The molecule has 2 heteroatoms. The molecule has 17 heavy (non-hydrogen) atoms. The fourth-order valence-electron chi connectivity index (χ4n) is 1.90. The lowest BCUT2D eigenvalue weighted by atomic mass is 9.95. The van der Waals surface area contributed by atoms with Gasteiger partial charge in [-0.05, 0) is 42.7 Å². The van der Waals surface area contributed by atoms with E-state index in [1.807, 2.05) is 38.1 Å². The average Bonchev–Trinajstić information content (AvgIpc) is 2.32. The summed E-state index contributed by atoms with van der Waals surface area (Å²) in [6.45, 7) is 3.98. The molecule has 2 aromatic carbocycles. The third-order valence-electron chi connectivity index (χ3n) is 3.01. The van der Waals surface area contributed by atoms with E-state index >= 15 is 0 Å².